The first-order valence-electron chi connectivity index (χ1n) is 9.55. The molecule has 9 heteroatoms. The zero-order valence-corrected chi connectivity index (χ0v) is 17.9. The van der Waals surface area contributed by atoms with Crippen molar-refractivity contribution in [3.8, 4) is 11.1 Å². The SMILES string of the molecule is CNc1ccc(-c2ccc(N3C(=O)c4ccc(C(C)=O)cc4C3=O)cc2S(=O)(=O)O)cc1. The maximum atomic E-state index is 12.9. The van der Waals surface area contributed by atoms with Crippen molar-refractivity contribution >= 4 is 39.1 Å². The number of amides is 2. The van der Waals surface area contributed by atoms with E-state index in [1.807, 2.05) is 0 Å². The molecular weight excluding hydrogens is 432 g/mol. The molecule has 0 atom stereocenters. The highest BCUT2D eigenvalue weighted by molar-refractivity contribution is 7.86. The van der Waals surface area contributed by atoms with E-state index in [4.69, 9.17) is 0 Å². The van der Waals surface area contributed by atoms with Gasteiger partial charge in [0.1, 0.15) is 4.90 Å². The van der Waals surface area contributed by atoms with Gasteiger partial charge in [-0.25, -0.2) is 4.90 Å². The van der Waals surface area contributed by atoms with Crippen LogP contribution in [0.15, 0.2) is 65.6 Å². The van der Waals surface area contributed by atoms with Crippen LogP contribution in [-0.4, -0.2) is 37.6 Å². The van der Waals surface area contributed by atoms with Gasteiger partial charge in [-0.15, -0.1) is 0 Å². The summed E-state index contributed by atoms with van der Waals surface area (Å²) in [5, 5.41) is 2.96. The predicted molar refractivity (Wildman–Crippen MR) is 119 cm³/mol. The average molecular weight is 450 g/mol. The smallest absolute Gasteiger partial charge is 0.295 e. The van der Waals surface area contributed by atoms with Crippen molar-refractivity contribution in [2.45, 2.75) is 11.8 Å². The topological polar surface area (TPSA) is 121 Å². The summed E-state index contributed by atoms with van der Waals surface area (Å²) < 4.78 is 34.1. The molecule has 0 spiro atoms. The molecule has 0 fully saturated rings. The number of fused-ring (bicyclic) bond motifs is 1. The van der Waals surface area contributed by atoms with Crippen LogP contribution in [0, 0.1) is 0 Å². The maximum absolute atomic E-state index is 12.9. The molecular formula is C23H18N2O6S. The molecule has 0 unspecified atom stereocenters. The number of hydrogen-bond donors (Lipinski definition) is 2. The number of anilines is 2. The maximum Gasteiger partial charge on any atom is 0.295 e. The summed E-state index contributed by atoms with van der Waals surface area (Å²) in [7, 11) is -2.93. The number of nitrogens with one attached hydrogen (secondary N) is 1. The van der Waals surface area contributed by atoms with Crippen molar-refractivity contribution in [1.82, 2.24) is 0 Å². The van der Waals surface area contributed by atoms with E-state index in [1.54, 1.807) is 31.3 Å². The largest absolute Gasteiger partial charge is 0.388 e. The van der Waals surface area contributed by atoms with E-state index < -0.39 is 26.8 Å². The molecule has 162 valence electrons. The van der Waals surface area contributed by atoms with Crippen molar-refractivity contribution < 1.29 is 27.4 Å². The van der Waals surface area contributed by atoms with Gasteiger partial charge in [-0.1, -0.05) is 24.3 Å². The number of hydrogen-bond acceptors (Lipinski definition) is 6. The van der Waals surface area contributed by atoms with E-state index in [-0.39, 0.29) is 33.7 Å². The molecule has 0 saturated carbocycles. The lowest BCUT2D eigenvalue weighted by Crippen LogP contribution is -2.29. The minimum atomic E-state index is -4.68. The molecule has 1 aliphatic rings. The second kappa shape index (κ2) is 7.70. The first kappa shape index (κ1) is 21.4. The zero-order valence-electron chi connectivity index (χ0n) is 17.1. The summed E-state index contributed by atoms with van der Waals surface area (Å²) >= 11 is 0. The van der Waals surface area contributed by atoms with Gasteiger partial charge in [0.2, 0.25) is 0 Å². The molecule has 8 nitrogen and oxygen atoms in total. The van der Waals surface area contributed by atoms with E-state index in [2.05, 4.69) is 5.32 Å². The normalized spacial score (nSPS) is 13.3. The van der Waals surface area contributed by atoms with E-state index in [0.717, 1.165) is 16.7 Å². The van der Waals surface area contributed by atoms with Gasteiger partial charge in [0.15, 0.2) is 5.78 Å². The quantitative estimate of drug-likeness (QED) is 0.346. The van der Waals surface area contributed by atoms with Crippen LogP contribution in [0.2, 0.25) is 0 Å². The van der Waals surface area contributed by atoms with E-state index in [9.17, 15) is 27.4 Å². The Labute approximate surface area is 184 Å². The Balaban J connectivity index is 1.82. The molecule has 1 aliphatic heterocycles. The minimum Gasteiger partial charge on any atom is -0.388 e. The fourth-order valence-electron chi connectivity index (χ4n) is 3.61. The highest BCUT2D eigenvalue weighted by atomic mass is 32.2. The third kappa shape index (κ3) is 3.57. The van der Waals surface area contributed by atoms with Crippen LogP contribution in [0.4, 0.5) is 11.4 Å². The summed E-state index contributed by atoms with van der Waals surface area (Å²) in [5.41, 5.74) is 2.00. The summed E-state index contributed by atoms with van der Waals surface area (Å²) in [6.45, 7) is 1.35. The van der Waals surface area contributed by atoms with Gasteiger partial charge in [0.25, 0.3) is 21.9 Å². The molecule has 32 heavy (non-hydrogen) atoms. The number of carbonyl (C=O) groups is 3. The molecule has 0 saturated heterocycles. The lowest BCUT2D eigenvalue weighted by atomic mass is 10.0. The standard InChI is InChI=1S/C23H18N2O6S/c1-13(26)15-5-9-19-20(11-15)23(28)25(22(19)27)17-8-10-18(21(12-17)32(29,30)31)14-3-6-16(24-2)7-4-14/h3-12,24H,1-2H3,(H,29,30,31). The fraction of sp³-hybridized carbons (Fsp3) is 0.0870. The van der Waals surface area contributed by atoms with Crippen LogP contribution in [0.3, 0.4) is 0 Å². The zero-order chi connectivity index (χ0) is 23.2. The van der Waals surface area contributed by atoms with Crippen LogP contribution >= 0.6 is 0 Å². The number of imide groups is 1. The Morgan fingerprint density at radius 1 is 0.875 bits per heavy atom. The van der Waals surface area contributed by atoms with Gasteiger partial charge in [-0.2, -0.15) is 8.42 Å². The third-order valence-corrected chi connectivity index (χ3v) is 6.17. The lowest BCUT2D eigenvalue weighted by molar-refractivity contribution is 0.0925. The number of ketones is 1. The van der Waals surface area contributed by atoms with E-state index in [0.29, 0.717) is 5.56 Å². The Hall–Kier alpha value is -3.82. The number of nitrogens with zero attached hydrogens (tertiary/aromatic N) is 1. The first-order chi connectivity index (χ1) is 15.1. The second-order valence-electron chi connectivity index (χ2n) is 7.25. The van der Waals surface area contributed by atoms with E-state index in [1.165, 1.54) is 37.3 Å². The predicted octanol–water partition coefficient (Wildman–Crippen LogP) is 3.65. The van der Waals surface area contributed by atoms with Gasteiger partial charge < -0.3 is 5.32 Å². The molecule has 0 radical (unpaired) electrons. The van der Waals surface area contributed by atoms with Crippen LogP contribution in [0.25, 0.3) is 11.1 Å². The number of Topliss-reactive ketones (excluding diaryl/α,β-unsaturated/α-hetero) is 1. The fourth-order valence-corrected chi connectivity index (χ4v) is 4.35. The van der Waals surface area contributed by atoms with Crippen LogP contribution in [0.1, 0.15) is 38.0 Å². The van der Waals surface area contributed by atoms with Crippen molar-refractivity contribution in [3.05, 3.63) is 77.4 Å². The van der Waals surface area contributed by atoms with Crippen molar-refractivity contribution in [2.75, 3.05) is 17.3 Å². The first-order valence-corrected chi connectivity index (χ1v) is 11.0. The van der Waals surface area contributed by atoms with Crippen LogP contribution < -0.4 is 10.2 Å². The van der Waals surface area contributed by atoms with Crippen LogP contribution in [-0.2, 0) is 10.1 Å². The molecule has 1 heterocycles. The summed E-state index contributed by atoms with van der Waals surface area (Å²) in [6.07, 6.45) is 0. The second-order valence-corrected chi connectivity index (χ2v) is 8.64. The Bertz CT molecular complexity index is 1390. The van der Waals surface area contributed by atoms with Gasteiger partial charge in [0.05, 0.1) is 16.8 Å². The van der Waals surface area contributed by atoms with Crippen molar-refractivity contribution in [1.29, 1.82) is 0 Å². The third-order valence-electron chi connectivity index (χ3n) is 5.28. The van der Waals surface area contributed by atoms with Crippen LogP contribution in [0.5, 0.6) is 0 Å². The molecule has 4 rings (SSSR count). The van der Waals surface area contributed by atoms with Gasteiger partial charge in [-0.05, 0) is 48.9 Å². The monoisotopic (exact) mass is 450 g/mol. The molecule has 0 bridgehead atoms. The molecule has 2 N–H and O–H groups in total. The minimum absolute atomic E-state index is 0.0104. The molecule has 3 aromatic rings. The summed E-state index contributed by atoms with van der Waals surface area (Å²) in [6, 6.07) is 15.0. The van der Waals surface area contributed by atoms with Gasteiger partial charge in [-0.3, -0.25) is 18.9 Å². The Morgan fingerprint density at radius 3 is 2.09 bits per heavy atom. The molecule has 3 aromatic carbocycles. The lowest BCUT2D eigenvalue weighted by Gasteiger charge is -2.17. The van der Waals surface area contributed by atoms with E-state index >= 15 is 0 Å². The highest BCUT2D eigenvalue weighted by Gasteiger charge is 2.37. The summed E-state index contributed by atoms with van der Waals surface area (Å²) in [4.78, 5) is 37.9. The van der Waals surface area contributed by atoms with Gasteiger partial charge in [0, 0.05) is 23.9 Å². The highest BCUT2D eigenvalue weighted by Crippen LogP contribution is 2.35. The average Bonchev–Trinajstić information content (AvgIpc) is 3.02. The van der Waals surface area contributed by atoms with Crippen molar-refractivity contribution in [2.24, 2.45) is 0 Å². The Kier molecular flexibility index (Phi) is 5.15. The molecule has 0 aliphatic carbocycles. The van der Waals surface area contributed by atoms with Crippen molar-refractivity contribution in [3.63, 3.8) is 0 Å². The number of benzene rings is 3. The molecule has 2 amide bonds. The Morgan fingerprint density at radius 2 is 1.50 bits per heavy atom. The summed E-state index contributed by atoms with van der Waals surface area (Å²) in [5.74, 6) is -1.58. The molecule has 0 aromatic heterocycles. The number of carbonyl (C=O) groups excluding carboxylic acids is 3. The van der Waals surface area contributed by atoms with Gasteiger partial charge >= 0.3 is 0 Å². The number of rotatable bonds is 5.